The number of nitro benzene ring substituents is 1. The Balaban J connectivity index is 2.59. The third-order valence-corrected chi connectivity index (χ3v) is 1.93. The SMILES string of the molecule is CN(C)Nc1ccc([N+](=O)[O-])c2nonc12. The van der Waals surface area contributed by atoms with Gasteiger partial charge < -0.3 is 5.43 Å². The van der Waals surface area contributed by atoms with Gasteiger partial charge in [-0.05, 0) is 16.4 Å². The molecule has 1 N–H and O–H groups in total. The van der Waals surface area contributed by atoms with Crippen LogP contribution in [0.25, 0.3) is 11.0 Å². The van der Waals surface area contributed by atoms with Gasteiger partial charge in [0.1, 0.15) is 0 Å². The van der Waals surface area contributed by atoms with Gasteiger partial charge in [-0.1, -0.05) is 0 Å². The number of hydrazine groups is 1. The number of anilines is 1. The molecule has 0 spiro atoms. The van der Waals surface area contributed by atoms with Gasteiger partial charge in [-0.2, -0.15) is 0 Å². The number of benzene rings is 1. The van der Waals surface area contributed by atoms with Gasteiger partial charge in [0.25, 0.3) is 0 Å². The Bertz CT molecular complexity index is 535. The van der Waals surface area contributed by atoms with Crippen LogP contribution in [0.2, 0.25) is 0 Å². The van der Waals surface area contributed by atoms with E-state index < -0.39 is 4.92 Å². The largest absolute Gasteiger partial charge is 0.317 e. The molecule has 8 heteroatoms. The summed E-state index contributed by atoms with van der Waals surface area (Å²) in [4.78, 5) is 10.2. The summed E-state index contributed by atoms with van der Waals surface area (Å²) in [5.41, 5.74) is 3.90. The number of nitrogens with zero attached hydrogens (tertiary/aromatic N) is 4. The molecule has 0 fully saturated rings. The third kappa shape index (κ3) is 1.65. The van der Waals surface area contributed by atoms with Crippen molar-refractivity contribution in [3.8, 4) is 0 Å². The van der Waals surface area contributed by atoms with Crippen LogP contribution in [0, 0.1) is 10.1 Å². The Kier molecular flexibility index (Phi) is 2.41. The second-order valence-electron chi connectivity index (χ2n) is 3.36. The Morgan fingerprint density at radius 1 is 1.38 bits per heavy atom. The maximum Gasteiger partial charge on any atom is 0.300 e. The highest BCUT2D eigenvalue weighted by Crippen LogP contribution is 2.28. The van der Waals surface area contributed by atoms with Crippen molar-refractivity contribution in [1.82, 2.24) is 15.3 Å². The first-order valence-corrected chi connectivity index (χ1v) is 4.43. The summed E-state index contributed by atoms with van der Waals surface area (Å²) < 4.78 is 4.52. The van der Waals surface area contributed by atoms with E-state index in [1.165, 1.54) is 6.07 Å². The number of non-ortho nitro benzene ring substituents is 1. The molecule has 0 amide bonds. The molecule has 0 saturated carbocycles. The molecule has 0 aliphatic rings. The molecule has 0 unspecified atom stereocenters. The first-order chi connectivity index (χ1) is 7.59. The minimum atomic E-state index is -0.522. The summed E-state index contributed by atoms with van der Waals surface area (Å²) in [6.45, 7) is 0. The summed E-state index contributed by atoms with van der Waals surface area (Å²) in [5, 5.41) is 19.6. The number of fused-ring (bicyclic) bond motifs is 1. The van der Waals surface area contributed by atoms with E-state index in [0.717, 1.165) is 0 Å². The molecule has 1 aromatic carbocycles. The molecule has 1 heterocycles. The van der Waals surface area contributed by atoms with E-state index in [4.69, 9.17) is 0 Å². The number of nitrogens with one attached hydrogen (secondary N) is 1. The summed E-state index contributed by atoms with van der Waals surface area (Å²) >= 11 is 0. The molecule has 8 nitrogen and oxygen atoms in total. The fraction of sp³-hybridized carbons (Fsp3) is 0.250. The van der Waals surface area contributed by atoms with Crippen LogP contribution >= 0.6 is 0 Å². The Hall–Kier alpha value is -2.22. The van der Waals surface area contributed by atoms with Crippen molar-refractivity contribution in [2.75, 3.05) is 19.5 Å². The summed E-state index contributed by atoms with van der Waals surface area (Å²) in [6, 6.07) is 2.92. The van der Waals surface area contributed by atoms with Gasteiger partial charge in [-0.3, -0.25) is 10.1 Å². The molecule has 2 rings (SSSR count). The van der Waals surface area contributed by atoms with Crippen LogP contribution in [-0.4, -0.2) is 34.3 Å². The second-order valence-corrected chi connectivity index (χ2v) is 3.36. The topological polar surface area (TPSA) is 97.3 Å². The Labute approximate surface area is 89.9 Å². The molecule has 0 saturated heterocycles. The number of hydrogen-bond donors (Lipinski definition) is 1. The molecule has 0 radical (unpaired) electrons. The second kappa shape index (κ2) is 3.74. The van der Waals surface area contributed by atoms with Crippen LogP contribution < -0.4 is 5.43 Å². The van der Waals surface area contributed by atoms with Gasteiger partial charge in [0, 0.05) is 20.2 Å². The molecule has 84 valence electrons. The molecular weight excluding hydrogens is 214 g/mol. The minimum Gasteiger partial charge on any atom is -0.317 e. The number of hydrogen-bond acceptors (Lipinski definition) is 7. The highest BCUT2D eigenvalue weighted by molar-refractivity contribution is 5.93. The molecule has 0 aliphatic carbocycles. The number of rotatable bonds is 3. The van der Waals surface area contributed by atoms with Gasteiger partial charge in [0.05, 0.1) is 10.6 Å². The quantitative estimate of drug-likeness (QED) is 0.612. The highest BCUT2D eigenvalue weighted by Gasteiger charge is 2.19. The third-order valence-electron chi connectivity index (χ3n) is 1.93. The maximum atomic E-state index is 10.7. The zero-order valence-corrected chi connectivity index (χ0v) is 8.67. The van der Waals surface area contributed by atoms with Crippen molar-refractivity contribution in [3.63, 3.8) is 0 Å². The first-order valence-electron chi connectivity index (χ1n) is 4.43. The van der Waals surface area contributed by atoms with Gasteiger partial charge in [-0.25, -0.2) is 9.64 Å². The predicted molar refractivity (Wildman–Crippen MR) is 55.8 cm³/mol. The monoisotopic (exact) mass is 223 g/mol. The van der Waals surface area contributed by atoms with Crippen molar-refractivity contribution in [2.45, 2.75) is 0 Å². The molecule has 0 bridgehead atoms. The average molecular weight is 223 g/mol. The van der Waals surface area contributed by atoms with Crippen LogP contribution in [0.5, 0.6) is 0 Å². The van der Waals surface area contributed by atoms with Crippen LogP contribution in [0.15, 0.2) is 16.8 Å². The van der Waals surface area contributed by atoms with E-state index in [2.05, 4.69) is 20.4 Å². The fourth-order valence-corrected chi connectivity index (χ4v) is 1.33. The minimum absolute atomic E-state index is 0.124. The van der Waals surface area contributed by atoms with Gasteiger partial charge in [-0.15, -0.1) is 0 Å². The van der Waals surface area contributed by atoms with Crippen LogP contribution in [0.4, 0.5) is 11.4 Å². The van der Waals surface area contributed by atoms with E-state index in [0.29, 0.717) is 11.2 Å². The molecule has 16 heavy (non-hydrogen) atoms. The van der Waals surface area contributed by atoms with E-state index in [1.54, 1.807) is 25.2 Å². The summed E-state index contributed by atoms with van der Waals surface area (Å²) in [6.07, 6.45) is 0. The fourth-order valence-electron chi connectivity index (χ4n) is 1.33. The predicted octanol–water partition coefficient (Wildman–Crippen LogP) is 1.02. The van der Waals surface area contributed by atoms with Crippen molar-refractivity contribution in [3.05, 3.63) is 22.2 Å². The lowest BCUT2D eigenvalue weighted by Crippen LogP contribution is -2.19. The van der Waals surface area contributed by atoms with Crippen molar-refractivity contribution in [1.29, 1.82) is 0 Å². The first kappa shape index (κ1) is 10.3. The van der Waals surface area contributed by atoms with Gasteiger partial charge in [0.2, 0.25) is 5.52 Å². The Morgan fingerprint density at radius 2 is 2.06 bits per heavy atom. The maximum absolute atomic E-state index is 10.7. The van der Waals surface area contributed by atoms with Gasteiger partial charge >= 0.3 is 5.69 Å². The molecule has 2 aromatic rings. The van der Waals surface area contributed by atoms with Crippen molar-refractivity contribution >= 4 is 22.4 Å². The van der Waals surface area contributed by atoms with Crippen LogP contribution in [0.1, 0.15) is 0 Å². The smallest absolute Gasteiger partial charge is 0.300 e. The normalized spacial score (nSPS) is 10.9. The molecule has 0 atom stereocenters. The molecule has 1 aromatic heterocycles. The number of nitro groups is 1. The lowest BCUT2D eigenvalue weighted by molar-refractivity contribution is -0.383. The van der Waals surface area contributed by atoms with Crippen LogP contribution in [0.3, 0.4) is 0 Å². The highest BCUT2D eigenvalue weighted by atomic mass is 16.6. The van der Waals surface area contributed by atoms with E-state index >= 15 is 0 Å². The van der Waals surface area contributed by atoms with Crippen LogP contribution in [-0.2, 0) is 0 Å². The lowest BCUT2D eigenvalue weighted by atomic mass is 10.2. The van der Waals surface area contributed by atoms with Gasteiger partial charge in [0.15, 0.2) is 5.52 Å². The average Bonchev–Trinajstić information content (AvgIpc) is 2.65. The summed E-state index contributed by atoms with van der Waals surface area (Å²) in [5.74, 6) is 0. The summed E-state index contributed by atoms with van der Waals surface area (Å²) in [7, 11) is 3.58. The lowest BCUT2D eigenvalue weighted by Gasteiger charge is -2.12. The van der Waals surface area contributed by atoms with E-state index in [1.807, 2.05) is 0 Å². The van der Waals surface area contributed by atoms with E-state index in [-0.39, 0.29) is 11.2 Å². The zero-order chi connectivity index (χ0) is 11.7. The molecule has 0 aliphatic heterocycles. The standard InChI is InChI=1S/C8H9N5O3/c1-12(2)9-5-3-4-6(13(14)15)8-7(5)10-16-11-8/h3-4,9H,1-2H3. The number of aromatic nitrogens is 2. The molecular formula is C8H9N5O3. The Morgan fingerprint density at radius 3 is 2.69 bits per heavy atom. The zero-order valence-electron chi connectivity index (χ0n) is 8.67. The van der Waals surface area contributed by atoms with E-state index in [9.17, 15) is 10.1 Å². The van der Waals surface area contributed by atoms with Crippen molar-refractivity contribution in [2.24, 2.45) is 0 Å². The van der Waals surface area contributed by atoms with Crippen molar-refractivity contribution < 1.29 is 9.55 Å².